The van der Waals surface area contributed by atoms with E-state index in [1.54, 1.807) is 0 Å². The third kappa shape index (κ3) is 6.29. The molecule has 1 heterocycles. The topological polar surface area (TPSA) is 12.5 Å². The maximum atomic E-state index is 6.43. The Morgan fingerprint density at radius 1 is 0.490 bits per heavy atom. The van der Waals surface area contributed by atoms with E-state index < -0.39 is 0 Å². The standard InChI is InChI=1S/C47H47NO/c1-31(2)32-17-19-33(20-18-32)39-29-38(48-41-13-9-11-15-43(41)49-44-16-12-10-14-42(44)48)30-40(34-21-25-36(26-22-34)46(3,4)5)45(39)35-23-27-37(28-24-35)47(6,7)8/h9-31H,1-8H3. The monoisotopic (exact) mass is 641 g/mol. The second-order valence-corrected chi connectivity index (χ2v) is 15.7. The molecule has 7 rings (SSSR count). The molecule has 246 valence electrons. The van der Waals surface area contributed by atoms with Crippen molar-refractivity contribution in [1.29, 1.82) is 0 Å². The molecular formula is C47H47NO. The normalized spacial score (nSPS) is 12.8. The predicted molar refractivity (Wildman–Crippen MR) is 209 cm³/mol. The lowest BCUT2D eigenvalue weighted by Gasteiger charge is -2.34. The van der Waals surface area contributed by atoms with Crippen molar-refractivity contribution in [3.8, 4) is 44.9 Å². The van der Waals surface area contributed by atoms with Crippen LogP contribution in [0.1, 0.15) is 78.0 Å². The van der Waals surface area contributed by atoms with Crippen LogP contribution in [0.3, 0.4) is 0 Å². The number of para-hydroxylation sites is 4. The van der Waals surface area contributed by atoms with Crippen molar-refractivity contribution in [3.63, 3.8) is 0 Å². The third-order valence-corrected chi connectivity index (χ3v) is 9.80. The number of benzene rings is 6. The van der Waals surface area contributed by atoms with Gasteiger partial charge in [0.15, 0.2) is 11.5 Å². The van der Waals surface area contributed by atoms with Gasteiger partial charge in [-0.25, -0.2) is 0 Å². The summed E-state index contributed by atoms with van der Waals surface area (Å²) in [5.74, 6) is 2.16. The van der Waals surface area contributed by atoms with E-state index in [1.807, 2.05) is 12.1 Å². The second kappa shape index (κ2) is 12.4. The van der Waals surface area contributed by atoms with Crippen LogP contribution in [-0.2, 0) is 10.8 Å². The van der Waals surface area contributed by atoms with Crippen molar-refractivity contribution in [1.82, 2.24) is 0 Å². The van der Waals surface area contributed by atoms with Gasteiger partial charge in [0.2, 0.25) is 0 Å². The van der Waals surface area contributed by atoms with E-state index in [0.29, 0.717) is 5.92 Å². The van der Waals surface area contributed by atoms with E-state index in [-0.39, 0.29) is 10.8 Å². The van der Waals surface area contributed by atoms with Gasteiger partial charge in [-0.15, -0.1) is 0 Å². The van der Waals surface area contributed by atoms with Crippen LogP contribution in [0.2, 0.25) is 0 Å². The molecule has 0 unspecified atom stereocenters. The van der Waals surface area contributed by atoms with Crippen LogP contribution in [0.15, 0.2) is 133 Å². The van der Waals surface area contributed by atoms with E-state index in [9.17, 15) is 0 Å². The highest BCUT2D eigenvalue weighted by Crippen LogP contribution is 2.53. The summed E-state index contributed by atoms with van der Waals surface area (Å²) in [6.45, 7) is 18.2. The zero-order chi connectivity index (χ0) is 34.5. The molecular weight excluding hydrogens is 595 g/mol. The molecule has 49 heavy (non-hydrogen) atoms. The van der Waals surface area contributed by atoms with Crippen molar-refractivity contribution in [3.05, 3.63) is 150 Å². The number of fused-ring (bicyclic) bond motifs is 2. The molecule has 0 aliphatic carbocycles. The van der Waals surface area contributed by atoms with Gasteiger partial charge in [0.25, 0.3) is 0 Å². The van der Waals surface area contributed by atoms with Gasteiger partial charge in [-0.3, -0.25) is 0 Å². The van der Waals surface area contributed by atoms with Crippen molar-refractivity contribution < 1.29 is 4.74 Å². The molecule has 0 spiro atoms. The zero-order valence-corrected chi connectivity index (χ0v) is 30.1. The quantitative estimate of drug-likeness (QED) is 0.185. The van der Waals surface area contributed by atoms with Crippen LogP contribution >= 0.6 is 0 Å². The molecule has 0 N–H and O–H groups in total. The van der Waals surface area contributed by atoms with E-state index in [2.05, 4.69) is 182 Å². The molecule has 1 aliphatic rings. The molecule has 0 atom stereocenters. The Bertz CT molecular complexity index is 2060. The highest BCUT2D eigenvalue weighted by molar-refractivity contribution is 5.99. The summed E-state index contributed by atoms with van der Waals surface area (Å²) in [7, 11) is 0. The van der Waals surface area contributed by atoms with Gasteiger partial charge in [0.1, 0.15) is 0 Å². The molecule has 0 fully saturated rings. The summed E-state index contributed by atoms with van der Waals surface area (Å²) in [5.41, 5.74) is 14.5. The molecule has 2 heteroatoms. The van der Waals surface area contributed by atoms with Crippen LogP contribution in [0.25, 0.3) is 33.4 Å². The van der Waals surface area contributed by atoms with E-state index >= 15 is 0 Å². The third-order valence-electron chi connectivity index (χ3n) is 9.80. The van der Waals surface area contributed by atoms with Gasteiger partial charge in [-0.05, 0) is 103 Å². The van der Waals surface area contributed by atoms with Crippen molar-refractivity contribution in [2.24, 2.45) is 0 Å². The molecule has 0 amide bonds. The van der Waals surface area contributed by atoms with Gasteiger partial charge >= 0.3 is 0 Å². The van der Waals surface area contributed by atoms with Gasteiger partial charge in [0, 0.05) is 5.69 Å². The number of ether oxygens (including phenoxy) is 1. The molecule has 6 aromatic carbocycles. The van der Waals surface area contributed by atoms with Crippen molar-refractivity contribution in [2.75, 3.05) is 4.90 Å². The number of hydrogen-bond acceptors (Lipinski definition) is 2. The van der Waals surface area contributed by atoms with Crippen LogP contribution in [0, 0.1) is 0 Å². The summed E-state index contributed by atoms with van der Waals surface area (Å²) in [6.07, 6.45) is 0. The van der Waals surface area contributed by atoms with Crippen LogP contribution in [0.5, 0.6) is 11.5 Å². The largest absolute Gasteiger partial charge is 0.453 e. The first-order valence-corrected chi connectivity index (χ1v) is 17.5. The van der Waals surface area contributed by atoms with Crippen LogP contribution < -0.4 is 9.64 Å². The van der Waals surface area contributed by atoms with Gasteiger partial charge < -0.3 is 9.64 Å². The SMILES string of the molecule is CC(C)c1ccc(-c2cc(N3c4ccccc4Oc4ccccc43)cc(-c3ccc(C(C)(C)C)cc3)c2-c2ccc(C(C)(C)C)cc2)cc1. The van der Waals surface area contributed by atoms with Gasteiger partial charge in [-0.2, -0.15) is 0 Å². The first kappa shape index (κ1) is 32.5. The Kier molecular flexibility index (Phi) is 8.23. The van der Waals surface area contributed by atoms with E-state index in [0.717, 1.165) is 28.6 Å². The molecule has 0 saturated heterocycles. The number of rotatable bonds is 5. The molecule has 0 bridgehead atoms. The molecule has 1 aliphatic heterocycles. The lowest BCUT2D eigenvalue weighted by Crippen LogP contribution is -2.16. The zero-order valence-electron chi connectivity index (χ0n) is 30.1. The highest BCUT2D eigenvalue weighted by atomic mass is 16.5. The smallest absolute Gasteiger partial charge is 0.151 e. The molecule has 6 aromatic rings. The Labute approximate surface area is 293 Å². The summed E-state index contributed by atoms with van der Waals surface area (Å²) in [6, 6.07) is 49.0. The van der Waals surface area contributed by atoms with Crippen molar-refractivity contribution >= 4 is 17.1 Å². The fourth-order valence-electron chi connectivity index (χ4n) is 6.84. The number of hydrogen-bond donors (Lipinski definition) is 0. The van der Waals surface area contributed by atoms with Crippen LogP contribution in [0.4, 0.5) is 17.1 Å². The first-order valence-electron chi connectivity index (χ1n) is 17.5. The summed E-state index contributed by atoms with van der Waals surface area (Å²) < 4.78 is 6.43. The number of anilines is 3. The lowest BCUT2D eigenvalue weighted by atomic mass is 9.82. The first-order chi connectivity index (χ1) is 23.4. The maximum absolute atomic E-state index is 6.43. The average Bonchev–Trinajstić information content (AvgIpc) is 3.09. The van der Waals surface area contributed by atoms with Gasteiger partial charge in [-0.1, -0.05) is 152 Å². The second-order valence-electron chi connectivity index (χ2n) is 15.7. The Hall–Kier alpha value is -5.08. The van der Waals surface area contributed by atoms with Crippen molar-refractivity contribution in [2.45, 2.75) is 72.1 Å². The minimum absolute atomic E-state index is 0.0660. The fraction of sp³-hybridized carbons (Fsp3) is 0.234. The summed E-state index contributed by atoms with van der Waals surface area (Å²) in [5, 5.41) is 0. The molecule has 0 saturated carbocycles. The Morgan fingerprint density at radius 2 is 0.898 bits per heavy atom. The average molecular weight is 642 g/mol. The predicted octanol–water partition coefficient (Wildman–Crippen LogP) is 14.0. The van der Waals surface area contributed by atoms with E-state index in [4.69, 9.17) is 4.74 Å². The Morgan fingerprint density at radius 3 is 1.33 bits per heavy atom. The molecule has 0 radical (unpaired) electrons. The maximum Gasteiger partial charge on any atom is 0.151 e. The number of nitrogens with zero attached hydrogens (tertiary/aromatic N) is 1. The summed E-state index contributed by atoms with van der Waals surface area (Å²) in [4.78, 5) is 2.36. The molecule has 0 aromatic heterocycles. The minimum atomic E-state index is 0.0660. The van der Waals surface area contributed by atoms with E-state index in [1.165, 1.54) is 50.1 Å². The van der Waals surface area contributed by atoms with Crippen LogP contribution in [-0.4, -0.2) is 0 Å². The minimum Gasteiger partial charge on any atom is -0.453 e. The Balaban J connectivity index is 1.55. The fourth-order valence-corrected chi connectivity index (χ4v) is 6.84. The summed E-state index contributed by atoms with van der Waals surface area (Å²) >= 11 is 0. The lowest BCUT2D eigenvalue weighted by molar-refractivity contribution is 0.477. The molecule has 2 nitrogen and oxygen atoms in total. The van der Waals surface area contributed by atoms with Gasteiger partial charge in [0.05, 0.1) is 11.4 Å². The highest BCUT2D eigenvalue weighted by Gasteiger charge is 2.28.